The van der Waals surface area contributed by atoms with Crippen LogP contribution in [0.3, 0.4) is 0 Å². The monoisotopic (exact) mass is 388 g/mol. The van der Waals surface area contributed by atoms with Crippen molar-refractivity contribution in [2.24, 2.45) is 0 Å². The fourth-order valence-electron chi connectivity index (χ4n) is 4.80. The fourth-order valence-corrected chi connectivity index (χ4v) is 4.80. The van der Waals surface area contributed by atoms with Gasteiger partial charge in [-0.05, 0) is 62.4 Å². The van der Waals surface area contributed by atoms with Gasteiger partial charge in [-0.25, -0.2) is 0 Å². The van der Waals surface area contributed by atoms with Crippen molar-refractivity contribution in [3.8, 4) is 17.0 Å². The lowest BCUT2D eigenvalue weighted by atomic mass is 9.92. The van der Waals surface area contributed by atoms with Crippen LogP contribution in [0.5, 0.6) is 5.75 Å². The average Bonchev–Trinajstić information content (AvgIpc) is 3.43. The van der Waals surface area contributed by atoms with Gasteiger partial charge in [0.15, 0.2) is 0 Å². The van der Waals surface area contributed by atoms with Crippen molar-refractivity contribution in [2.45, 2.75) is 52.7 Å². The number of nitrogen functional groups attached to an aromatic ring is 1. The van der Waals surface area contributed by atoms with E-state index in [1.807, 2.05) is 4.68 Å². The van der Waals surface area contributed by atoms with Crippen LogP contribution in [0, 0.1) is 20.8 Å². The number of nitrogens with two attached hydrogens (primary N) is 1. The van der Waals surface area contributed by atoms with Crippen LogP contribution in [0.15, 0.2) is 30.5 Å². The lowest BCUT2D eigenvalue weighted by molar-refractivity contribution is 0.0901. The van der Waals surface area contributed by atoms with Gasteiger partial charge < -0.3 is 15.8 Å². The second-order valence-electron chi connectivity index (χ2n) is 8.74. The summed E-state index contributed by atoms with van der Waals surface area (Å²) in [6.45, 7) is 10.1. The second kappa shape index (κ2) is 6.28. The Morgan fingerprint density at radius 2 is 2.00 bits per heavy atom. The molecule has 0 amide bonds. The molecule has 5 rings (SSSR count). The summed E-state index contributed by atoms with van der Waals surface area (Å²) in [5.41, 5.74) is 16.3. The quantitative estimate of drug-likeness (QED) is 0.652. The number of rotatable bonds is 3. The summed E-state index contributed by atoms with van der Waals surface area (Å²) in [6, 6.07) is 8.56. The molecule has 150 valence electrons. The third-order valence-electron chi connectivity index (χ3n) is 6.60. The van der Waals surface area contributed by atoms with Crippen molar-refractivity contribution in [1.29, 1.82) is 0 Å². The standard InChI is InChI=1S/C24H28N4O/c1-14-15(2)23-19(16(3)21(14)25)12-24(4,29-23)13-28-11-9-20(27-28)18-7-5-6-17-8-10-26-22(17)18/h5-7,9,11,26H,8,10,12-13,25H2,1-4H3/t24-/m0/s1. The molecule has 3 heterocycles. The van der Waals surface area contributed by atoms with Crippen LogP contribution < -0.4 is 15.8 Å². The predicted octanol–water partition coefficient (Wildman–Crippen LogP) is 4.42. The van der Waals surface area contributed by atoms with Crippen molar-refractivity contribution in [2.75, 3.05) is 17.6 Å². The van der Waals surface area contributed by atoms with Crippen LogP contribution in [0.4, 0.5) is 11.4 Å². The molecule has 2 aliphatic heterocycles. The van der Waals surface area contributed by atoms with E-state index >= 15 is 0 Å². The van der Waals surface area contributed by atoms with E-state index in [2.05, 4.69) is 63.5 Å². The van der Waals surface area contributed by atoms with Gasteiger partial charge >= 0.3 is 0 Å². The zero-order valence-corrected chi connectivity index (χ0v) is 17.6. The minimum Gasteiger partial charge on any atom is -0.485 e. The van der Waals surface area contributed by atoms with Crippen molar-refractivity contribution < 1.29 is 4.74 Å². The molecule has 29 heavy (non-hydrogen) atoms. The largest absolute Gasteiger partial charge is 0.485 e. The summed E-state index contributed by atoms with van der Waals surface area (Å²) in [4.78, 5) is 0. The first-order chi connectivity index (χ1) is 13.9. The molecule has 3 N–H and O–H groups in total. The van der Waals surface area contributed by atoms with Crippen molar-refractivity contribution in [1.82, 2.24) is 9.78 Å². The number of hydrogen-bond acceptors (Lipinski definition) is 4. The Morgan fingerprint density at radius 1 is 1.17 bits per heavy atom. The van der Waals surface area contributed by atoms with E-state index in [0.717, 1.165) is 53.2 Å². The summed E-state index contributed by atoms with van der Waals surface area (Å²) in [7, 11) is 0. The minimum absolute atomic E-state index is 0.335. The van der Waals surface area contributed by atoms with Gasteiger partial charge in [0.25, 0.3) is 0 Å². The summed E-state index contributed by atoms with van der Waals surface area (Å²) in [6.07, 6.45) is 3.98. The van der Waals surface area contributed by atoms with Crippen LogP contribution in [-0.2, 0) is 19.4 Å². The van der Waals surface area contributed by atoms with E-state index in [0.29, 0.717) is 6.54 Å². The minimum atomic E-state index is -0.335. The Bertz CT molecular complexity index is 1090. The molecule has 0 saturated heterocycles. The fraction of sp³-hybridized carbons (Fsp3) is 0.375. The van der Waals surface area contributed by atoms with Gasteiger partial charge in [-0.1, -0.05) is 18.2 Å². The Morgan fingerprint density at radius 3 is 2.83 bits per heavy atom. The Hall–Kier alpha value is -2.95. The maximum absolute atomic E-state index is 6.51. The number of benzene rings is 2. The third-order valence-corrected chi connectivity index (χ3v) is 6.60. The van der Waals surface area contributed by atoms with Crippen LogP contribution in [-0.4, -0.2) is 21.9 Å². The number of para-hydroxylation sites is 1. The summed E-state index contributed by atoms with van der Waals surface area (Å²) >= 11 is 0. The molecule has 0 aliphatic carbocycles. The van der Waals surface area contributed by atoms with E-state index < -0.39 is 0 Å². The second-order valence-corrected chi connectivity index (χ2v) is 8.74. The first-order valence-electron chi connectivity index (χ1n) is 10.3. The molecule has 5 nitrogen and oxygen atoms in total. The van der Waals surface area contributed by atoms with Crippen molar-refractivity contribution in [3.05, 3.63) is 58.3 Å². The molecule has 0 fully saturated rings. The molecule has 5 heteroatoms. The molecule has 0 spiro atoms. The topological polar surface area (TPSA) is 65.1 Å². The molecular weight excluding hydrogens is 360 g/mol. The smallest absolute Gasteiger partial charge is 0.130 e. The highest BCUT2D eigenvalue weighted by Crippen LogP contribution is 2.44. The number of aromatic nitrogens is 2. The normalized spacial score (nSPS) is 19.6. The molecule has 0 unspecified atom stereocenters. The van der Waals surface area contributed by atoms with Crippen LogP contribution in [0.25, 0.3) is 11.3 Å². The molecule has 2 aromatic carbocycles. The van der Waals surface area contributed by atoms with Crippen LogP contribution >= 0.6 is 0 Å². The summed E-state index contributed by atoms with van der Waals surface area (Å²) in [5, 5.41) is 8.39. The highest BCUT2D eigenvalue weighted by Gasteiger charge is 2.38. The summed E-state index contributed by atoms with van der Waals surface area (Å²) < 4.78 is 8.52. The number of hydrogen-bond donors (Lipinski definition) is 2. The number of nitrogens with zero attached hydrogens (tertiary/aromatic N) is 2. The average molecular weight is 389 g/mol. The van der Waals surface area contributed by atoms with Gasteiger partial charge in [-0.15, -0.1) is 0 Å². The predicted molar refractivity (Wildman–Crippen MR) is 118 cm³/mol. The molecule has 1 atom stereocenters. The SMILES string of the molecule is Cc1c(C)c2c(c(C)c1N)C[C@@](C)(Cn1ccc(-c3cccc4c3NCC4)n1)O2. The molecule has 1 aromatic heterocycles. The maximum atomic E-state index is 6.51. The Kier molecular flexibility index (Phi) is 3.92. The number of fused-ring (bicyclic) bond motifs is 2. The molecule has 0 bridgehead atoms. The van der Waals surface area contributed by atoms with Gasteiger partial charge in [0.2, 0.25) is 0 Å². The van der Waals surface area contributed by atoms with E-state index in [1.165, 1.54) is 22.4 Å². The maximum Gasteiger partial charge on any atom is 0.130 e. The van der Waals surface area contributed by atoms with Crippen molar-refractivity contribution in [3.63, 3.8) is 0 Å². The number of nitrogens with one attached hydrogen (secondary N) is 1. The lowest BCUT2D eigenvalue weighted by Gasteiger charge is -2.24. The molecule has 3 aromatic rings. The van der Waals surface area contributed by atoms with E-state index in [1.54, 1.807) is 0 Å². The highest BCUT2D eigenvalue weighted by atomic mass is 16.5. The van der Waals surface area contributed by atoms with Gasteiger partial charge in [0.05, 0.1) is 12.2 Å². The van der Waals surface area contributed by atoms with Gasteiger partial charge in [0, 0.05) is 41.7 Å². The molecular formula is C24H28N4O. The zero-order chi connectivity index (χ0) is 20.3. The number of anilines is 2. The zero-order valence-electron chi connectivity index (χ0n) is 17.6. The van der Waals surface area contributed by atoms with Crippen LogP contribution in [0.1, 0.15) is 34.7 Å². The Balaban J connectivity index is 1.43. The Labute approximate surface area is 171 Å². The molecule has 0 radical (unpaired) electrons. The van der Waals surface area contributed by atoms with E-state index in [4.69, 9.17) is 15.6 Å². The summed E-state index contributed by atoms with van der Waals surface area (Å²) in [5.74, 6) is 1.01. The van der Waals surface area contributed by atoms with E-state index in [9.17, 15) is 0 Å². The highest BCUT2D eigenvalue weighted by molar-refractivity contribution is 5.79. The first kappa shape index (κ1) is 18.1. The van der Waals surface area contributed by atoms with Crippen molar-refractivity contribution >= 4 is 11.4 Å². The molecule has 2 aliphatic rings. The van der Waals surface area contributed by atoms with E-state index in [-0.39, 0.29) is 5.60 Å². The number of ether oxygens (including phenoxy) is 1. The van der Waals surface area contributed by atoms with Gasteiger partial charge in [0.1, 0.15) is 11.4 Å². The molecule has 0 saturated carbocycles. The van der Waals surface area contributed by atoms with Gasteiger partial charge in [-0.2, -0.15) is 5.10 Å². The first-order valence-corrected chi connectivity index (χ1v) is 10.3. The third kappa shape index (κ3) is 2.79. The lowest BCUT2D eigenvalue weighted by Crippen LogP contribution is -2.36. The van der Waals surface area contributed by atoms with Gasteiger partial charge in [-0.3, -0.25) is 4.68 Å². The van der Waals surface area contributed by atoms with Crippen LogP contribution in [0.2, 0.25) is 0 Å².